The molecule has 0 saturated heterocycles. The number of hydrogen-bond donors (Lipinski definition) is 1. The fraction of sp³-hybridized carbons (Fsp3) is 0.200. The molecular weight excluding hydrogens is 384 g/mol. The first-order valence-corrected chi connectivity index (χ1v) is 9.70. The van der Waals surface area contributed by atoms with E-state index in [0.717, 1.165) is 33.2 Å². The van der Waals surface area contributed by atoms with E-state index in [1.54, 1.807) is 0 Å². The molecule has 0 aliphatic carbocycles. The molecule has 2 heterocycles. The van der Waals surface area contributed by atoms with Gasteiger partial charge in [0.1, 0.15) is 0 Å². The smallest absolute Gasteiger partial charge is 0.231 e. The fourth-order valence-electron chi connectivity index (χ4n) is 2.86. The summed E-state index contributed by atoms with van der Waals surface area (Å²) in [6, 6.07) is 13.3. The maximum atomic E-state index is 12.3. The van der Waals surface area contributed by atoms with Crippen molar-refractivity contribution < 1.29 is 14.3 Å². The summed E-state index contributed by atoms with van der Waals surface area (Å²) in [5, 5.41) is 4.18. The molecular formula is C20H17ClN2O3S. The van der Waals surface area contributed by atoms with Crippen molar-refractivity contribution in [1.29, 1.82) is 0 Å². The van der Waals surface area contributed by atoms with Crippen LogP contribution >= 0.6 is 22.9 Å². The largest absolute Gasteiger partial charge is 0.454 e. The number of anilines is 1. The molecule has 1 aliphatic rings. The van der Waals surface area contributed by atoms with Gasteiger partial charge < -0.3 is 14.8 Å². The van der Waals surface area contributed by atoms with Gasteiger partial charge in [0.25, 0.3) is 0 Å². The highest BCUT2D eigenvalue weighted by atomic mass is 35.5. The molecule has 0 bridgehead atoms. The van der Waals surface area contributed by atoms with Crippen molar-refractivity contribution in [1.82, 2.24) is 4.98 Å². The van der Waals surface area contributed by atoms with E-state index in [4.69, 9.17) is 21.1 Å². The molecule has 27 heavy (non-hydrogen) atoms. The zero-order valence-electron chi connectivity index (χ0n) is 14.6. The maximum Gasteiger partial charge on any atom is 0.231 e. The maximum absolute atomic E-state index is 12.3. The summed E-state index contributed by atoms with van der Waals surface area (Å²) < 4.78 is 10.7. The van der Waals surface area contributed by atoms with Crippen LogP contribution in [-0.4, -0.2) is 17.7 Å². The number of nitrogens with one attached hydrogen (secondary N) is 1. The van der Waals surface area contributed by atoms with Crippen LogP contribution in [-0.2, 0) is 11.2 Å². The molecule has 3 aromatic rings. The van der Waals surface area contributed by atoms with Gasteiger partial charge in [0.15, 0.2) is 16.6 Å². The first kappa shape index (κ1) is 17.8. The van der Waals surface area contributed by atoms with Crippen LogP contribution in [0.25, 0.3) is 11.3 Å². The fourth-order valence-corrected chi connectivity index (χ4v) is 3.84. The number of fused-ring (bicyclic) bond motifs is 1. The number of aromatic nitrogens is 1. The highest BCUT2D eigenvalue weighted by molar-refractivity contribution is 7.16. The molecule has 2 aromatic carbocycles. The highest BCUT2D eigenvalue weighted by Gasteiger charge is 2.15. The Morgan fingerprint density at radius 1 is 1.19 bits per heavy atom. The van der Waals surface area contributed by atoms with Crippen LogP contribution in [0.4, 0.5) is 5.13 Å². The van der Waals surface area contributed by atoms with E-state index in [1.807, 2.05) is 49.4 Å². The lowest BCUT2D eigenvalue weighted by Gasteiger charge is -2.04. The Morgan fingerprint density at radius 3 is 2.78 bits per heavy atom. The Hall–Kier alpha value is -2.57. The Bertz CT molecular complexity index is 985. The highest BCUT2D eigenvalue weighted by Crippen LogP contribution is 2.33. The number of benzene rings is 2. The van der Waals surface area contributed by atoms with E-state index in [9.17, 15) is 4.79 Å². The minimum Gasteiger partial charge on any atom is -0.454 e. The molecule has 7 heteroatoms. The van der Waals surface area contributed by atoms with Gasteiger partial charge >= 0.3 is 0 Å². The van der Waals surface area contributed by atoms with Crippen molar-refractivity contribution in [2.24, 2.45) is 0 Å². The quantitative estimate of drug-likeness (QED) is 0.649. The van der Waals surface area contributed by atoms with Crippen LogP contribution in [0.3, 0.4) is 0 Å². The summed E-state index contributed by atoms with van der Waals surface area (Å²) in [4.78, 5) is 17.9. The standard InChI is InChI=1S/C20H17ClN2O3S/c1-12-19(14-4-6-15(21)7-5-14)23-20(27-12)22-18(24)9-3-13-2-8-16-17(10-13)26-11-25-16/h2,4-8,10H,3,9,11H2,1H3,(H,22,23,24). The molecule has 1 aromatic heterocycles. The van der Waals surface area contributed by atoms with Gasteiger partial charge in [-0.25, -0.2) is 4.98 Å². The van der Waals surface area contributed by atoms with Gasteiger partial charge in [0.05, 0.1) is 5.69 Å². The van der Waals surface area contributed by atoms with Crippen molar-refractivity contribution >= 4 is 34.0 Å². The number of ether oxygens (including phenoxy) is 2. The summed E-state index contributed by atoms with van der Waals surface area (Å²) in [5.41, 5.74) is 2.88. The summed E-state index contributed by atoms with van der Waals surface area (Å²) in [6.07, 6.45) is 0.991. The van der Waals surface area contributed by atoms with E-state index in [-0.39, 0.29) is 12.7 Å². The summed E-state index contributed by atoms with van der Waals surface area (Å²) >= 11 is 7.41. The van der Waals surface area contributed by atoms with Gasteiger partial charge in [0, 0.05) is 21.9 Å². The predicted octanol–water partition coefficient (Wildman–Crippen LogP) is 5.07. The number of thiazole rings is 1. The molecule has 1 amide bonds. The molecule has 1 N–H and O–H groups in total. The second-order valence-electron chi connectivity index (χ2n) is 6.17. The number of halogens is 1. The van der Waals surface area contributed by atoms with Gasteiger partial charge in [-0.1, -0.05) is 29.8 Å². The zero-order chi connectivity index (χ0) is 18.8. The molecule has 0 atom stereocenters. The number of amides is 1. The lowest BCUT2D eigenvalue weighted by molar-refractivity contribution is -0.116. The average molecular weight is 401 g/mol. The minimum atomic E-state index is -0.0657. The third-order valence-electron chi connectivity index (χ3n) is 4.24. The van der Waals surface area contributed by atoms with Gasteiger partial charge in [-0.3, -0.25) is 4.79 Å². The molecule has 1 aliphatic heterocycles. The predicted molar refractivity (Wildman–Crippen MR) is 107 cm³/mol. The molecule has 0 saturated carbocycles. The Labute approximate surface area is 165 Å². The molecule has 138 valence electrons. The van der Waals surface area contributed by atoms with E-state index in [0.29, 0.717) is 23.0 Å². The summed E-state index contributed by atoms with van der Waals surface area (Å²) in [6.45, 7) is 2.24. The number of carbonyl (C=O) groups is 1. The molecule has 5 nitrogen and oxygen atoms in total. The van der Waals surface area contributed by atoms with E-state index >= 15 is 0 Å². The second kappa shape index (κ2) is 7.58. The normalized spacial score (nSPS) is 12.2. The van der Waals surface area contributed by atoms with Crippen LogP contribution in [0, 0.1) is 6.92 Å². The zero-order valence-corrected chi connectivity index (χ0v) is 16.2. The van der Waals surface area contributed by atoms with Crippen molar-refractivity contribution in [3.63, 3.8) is 0 Å². The van der Waals surface area contributed by atoms with E-state index in [2.05, 4.69) is 10.3 Å². The number of hydrogen-bond acceptors (Lipinski definition) is 5. The SMILES string of the molecule is Cc1sc(NC(=O)CCc2ccc3c(c2)OCO3)nc1-c1ccc(Cl)cc1. The number of carbonyl (C=O) groups excluding carboxylic acids is 1. The van der Waals surface area contributed by atoms with Gasteiger partial charge in [0.2, 0.25) is 12.7 Å². The average Bonchev–Trinajstić information content (AvgIpc) is 3.26. The Balaban J connectivity index is 1.38. The van der Waals surface area contributed by atoms with Crippen molar-refractivity contribution in [2.45, 2.75) is 19.8 Å². The van der Waals surface area contributed by atoms with Gasteiger partial charge in [-0.2, -0.15) is 0 Å². The van der Waals surface area contributed by atoms with Gasteiger partial charge in [-0.15, -0.1) is 11.3 Å². The van der Waals surface area contributed by atoms with Crippen LogP contribution in [0.15, 0.2) is 42.5 Å². The van der Waals surface area contributed by atoms with Crippen molar-refractivity contribution in [3.05, 3.63) is 57.9 Å². The molecule has 0 spiro atoms. The number of rotatable bonds is 5. The number of nitrogens with zero attached hydrogens (tertiary/aromatic N) is 1. The first-order valence-electron chi connectivity index (χ1n) is 8.50. The third kappa shape index (κ3) is 4.07. The lowest BCUT2D eigenvalue weighted by atomic mass is 10.1. The summed E-state index contributed by atoms with van der Waals surface area (Å²) in [7, 11) is 0. The molecule has 0 unspecified atom stereocenters. The van der Waals surface area contributed by atoms with Crippen molar-refractivity contribution in [2.75, 3.05) is 12.1 Å². The molecule has 4 rings (SSSR count). The monoisotopic (exact) mass is 400 g/mol. The van der Waals surface area contributed by atoms with Crippen LogP contribution in [0.5, 0.6) is 11.5 Å². The molecule has 0 fully saturated rings. The second-order valence-corrected chi connectivity index (χ2v) is 7.81. The van der Waals surface area contributed by atoms with Gasteiger partial charge in [-0.05, 0) is 43.2 Å². The first-order chi connectivity index (χ1) is 13.1. The third-order valence-corrected chi connectivity index (χ3v) is 5.38. The van der Waals surface area contributed by atoms with Crippen molar-refractivity contribution in [3.8, 4) is 22.8 Å². The Morgan fingerprint density at radius 2 is 1.96 bits per heavy atom. The van der Waals surface area contributed by atoms with E-state index < -0.39 is 0 Å². The van der Waals surface area contributed by atoms with Crippen LogP contribution < -0.4 is 14.8 Å². The lowest BCUT2D eigenvalue weighted by Crippen LogP contribution is -2.12. The minimum absolute atomic E-state index is 0.0657. The summed E-state index contributed by atoms with van der Waals surface area (Å²) in [5.74, 6) is 1.41. The Kier molecular flexibility index (Phi) is 5.01. The van der Waals surface area contributed by atoms with Crippen LogP contribution in [0.2, 0.25) is 5.02 Å². The van der Waals surface area contributed by atoms with Crippen LogP contribution in [0.1, 0.15) is 16.9 Å². The number of aryl methyl sites for hydroxylation is 2. The topological polar surface area (TPSA) is 60.5 Å². The van der Waals surface area contributed by atoms with E-state index in [1.165, 1.54) is 11.3 Å². The molecule has 0 radical (unpaired) electrons.